The lowest BCUT2D eigenvalue weighted by atomic mass is 9.77. The highest BCUT2D eigenvalue weighted by molar-refractivity contribution is 4.98. The predicted octanol–water partition coefficient (Wildman–Crippen LogP) is 3.42. The minimum atomic E-state index is 0.204. The zero-order chi connectivity index (χ0) is 15.2. The first-order valence-electron chi connectivity index (χ1n) is 8.52. The van der Waals surface area contributed by atoms with Crippen LogP contribution >= 0.6 is 0 Å². The van der Waals surface area contributed by atoms with Crippen molar-refractivity contribution in [3.05, 3.63) is 0 Å². The van der Waals surface area contributed by atoms with E-state index in [-0.39, 0.29) is 5.54 Å². The SMILES string of the molecule is CCC(CC)N(CC(C)C)C1(CN)CCC(OC)CC1. The molecule has 1 aliphatic carbocycles. The molecule has 0 amide bonds. The van der Waals surface area contributed by atoms with Crippen LogP contribution in [0.3, 0.4) is 0 Å². The van der Waals surface area contributed by atoms with Crippen molar-refractivity contribution in [1.29, 1.82) is 0 Å². The van der Waals surface area contributed by atoms with Crippen LogP contribution in [0.5, 0.6) is 0 Å². The summed E-state index contributed by atoms with van der Waals surface area (Å²) < 4.78 is 5.54. The van der Waals surface area contributed by atoms with E-state index in [4.69, 9.17) is 10.5 Å². The lowest BCUT2D eigenvalue weighted by Gasteiger charge is -2.51. The number of rotatable bonds is 8. The van der Waals surface area contributed by atoms with Gasteiger partial charge in [-0.3, -0.25) is 4.90 Å². The van der Waals surface area contributed by atoms with E-state index in [1.807, 2.05) is 7.11 Å². The molecule has 1 fully saturated rings. The van der Waals surface area contributed by atoms with E-state index >= 15 is 0 Å². The minimum Gasteiger partial charge on any atom is -0.381 e. The summed E-state index contributed by atoms with van der Waals surface area (Å²) in [5.41, 5.74) is 6.47. The number of methoxy groups -OCH3 is 1. The van der Waals surface area contributed by atoms with E-state index in [0.29, 0.717) is 18.1 Å². The largest absolute Gasteiger partial charge is 0.381 e. The van der Waals surface area contributed by atoms with Crippen LogP contribution in [-0.4, -0.2) is 42.8 Å². The van der Waals surface area contributed by atoms with Gasteiger partial charge in [0.15, 0.2) is 0 Å². The third-order valence-electron chi connectivity index (χ3n) is 5.13. The molecule has 1 saturated carbocycles. The van der Waals surface area contributed by atoms with Crippen molar-refractivity contribution in [2.24, 2.45) is 11.7 Å². The molecule has 3 heteroatoms. The summed E-state index contributed by atoms with van der Waals surface area (Å²) in [7, 11) is 1.84. The van der Waals surface area contributed by atoms with Gasteiger partial charge in [0.05, 0.1) is 6.10 Å². The van der Waals surface area contributed by atoms with Crippen LogP contribution in [-0.2, 0) is 4.74 Å². The Morgan fingerprint density at radius 1 is 1.20 bits per heavy atom. The van der Waals surface area contributed by atoms with Crippen LogP contribution in [0.15, 0.2) is 0 Å². The van der Waals surface area contributed by atoms with Gasteiger partial charge in [0.2, 0.25) is 0 Å². The Labute approximate surface area is 126 Å². The fourth-order valence-electron chi connectivity index (χ4n) is 3.83. The van der Waals surface area contributed by atoms with Gasteiger partial charge in [-0.05, 0) is 44.4 Å². The van der Waals surface area contributed by atoms with Crippen molar-refractivity contribution >= 4 is 0 Å². The molecule has 0 radical (unpaired) electrons. The van der Waals surface area contributed by atoms with Gasteiger partial charge in [-0.2, -0.15) is 0 Å². The molecule has 0 heterocycles. The molecule has 120 valence electrons. The first-order chi connectivity index (χ1) is 9.52. The quantitative estimate of drug-likeness (QED) is 0.742. The Bertz CT molecular complexity index is 256. The molecular weight excluding hydrogens is 248 g/mol. The van der Waals surface area contributed by atoms with E-state index in [9.17, 15) is 0 Å². The van der Waals surface area contributed by atoms with E-state index in [1.165, 1.54) is 32.2 Å². The summed E-state index contributed by atoms with van der Waals surface area (Å²) in [6.07, 6.45) is 7.57. The van der Waals surface area contributed by atoms with E-state index in [0.717, 1.165) is 19.4 Å². The number of ether oxygens (including phenoxy) is 1. The van der Waals surface area contributed by atoms with Gasteiger partial charge in [0, 0.05) is 31.8 Å². The van der Waals surface area contributed by atoms with Crippen molar-refractivity contribution in [1.82, 2.24) is 4.90 Å². The maximum Gasteiger partial charge on any atom is 0.0572 e. The van der Waals surface area contributed by atoms with Crippen molar-refractivity contribution in [2.75, 3.05) is 20.2 Å². The molecule has 0 saturated heterocycles. The fourth-order valence-corrected chi connectivity index (χ4v) is 3.83. The molecule has 0 unspecified atom stereocenters. The molecule has 0 spiro atoms. The molecule has 0 atom stereocenters. The van der Waals surface area contributed by atoms with Crippen molar-refractivity contribution in [3.63, 3.8) is 0 Å². The Kier molecular flexibility index (Phi) is 7.49. The lowest BCUT2D eigenvalue weighted by Crippen LogP contribution is -2.60. The Morgan fingerprint density at radius 3 is 2.10 bits per heavy atom. The molecule has 0 aromatic heterocycles. The first-order valence-corrected chi connectivity index (χ1v) is 8.52. The fraction of sp³-hybridized carbons (Fsp3) is 1.00. The molecule has 0 bridgehead atoms. The summed E-state index contributed by atoms with van der Waals surface area (Å²) in [6, 6.07) is 0.667. The molecule has 0 aliphatic heterocycles. The molecule has 3 nitrogen and oxygen atoms in total. The molecule has 1 rings (SSSR count). The van der Waals surface area contributed by atoms with Gasteiger partial charge in [0.1, 0.15) is 0 Å². The van der Waals surface area contributed by atoms with Crippen LogP contribution < -0.4 is 5.73 Å². The Balaban J connectivity index is 2.89. The maximum atomic E-state index is 6.27. The summed E-state index contributed by atoms with van der Waals surface area (Å²) in [5, 5.41) is 0. The minimum absolute atomic E-state index is 0.204. The highest BCUT2D eigenvalue weighted by atomic mass is 16.5. The number of nitrogens with two attached hydrogens (primary N) is 1. The van der Waals surface area contributed by atoms with Crippen LogP contribution in [0.2, 0.25) is 0 Å². The smallest absolute Gasteiger partial charge is 0.0572 e. The average molecular weight is 284 g/mol. The Hall–Kier alpha value is -0.120. The van der Waals surface area contributed by atoms with Crippen LogP contribution in [0, 0.1) is 5.92 Å². The first kappa shape index (κ1) is 17.9. The van der Waals surface area contributed by atoms with Gasteiger partial charge < -0.3 is 10.5 Å². The van der Waals surface area contributed by atoms with Gasteiger partial charge in [0.25, 0.3) is 0 Å². The third kappa shape index (κ3) is 4.19. The van der Waals surface area contributed by atoms with E-state index in [1.54, 1.807) is 0 Å². The summed E-state index contributed by atoms with van der Waals surface area (Å²) in [6.45, 7) is 11.2. The second-order valence-electron chi connectivity index (χ2n) is 6.88. The molecule has 1 aliphatic rings. The van der Waals surface area contributed by atoms with E-state index in [2.05, 4.69) is 32.6 Å². The lowest BCUT2D eigenvalue weighted by molar-refractivity contribution is -0.0334. The number of hydrogen-bond donors (Lipinski definition) is 1. The zero-order valence-electron chi connectivity index (χ0n) is 14.3. The molecule has 2 N–H and O–H groups in total. The van der Waals surface area contributed by atoms with Crippen molar-refractivity contribution < 1.29 is 4.74 Å². The monoisotopic (exact) mass is 284 g/mol. The molecule has 20 heavy (non-hydrogen) atoms. The van der Waals surface area contributed by atoms with Gasteiger partial charge >= 0.3 is 0 Å². The van der Waals surface area contributed by atoms with Crippen molar-refractivity contribution in [3.8, 4) is 0 Å². The number of nitrogens with zero attached hydrogens (tertiary/aromatic N) is 1. The van der Waals surface area contributed by atoms with Gasteiger partial charge in [-0.1, -0.05) is 27.7 Å². The predicted molar refractivity (Wildman–Crippen MR) is 87.0 cm³/mol. The summed E-state index contributed by atoms with van der Waals surface area (Å²) >= 11 is 0. The highest BCUT2D eigenvalue weighted by Gasteiger charge is 2.41. The maximum absolute atomic E-state index is 6.27. The highest BCUT2D eigenvalue weighted by Crippen LogP contribution is 2.37. The summed E-state index contributed by atoms with van der Waals surface area (Å²) in [5.74, 6) is 0.694. The topological polar surface area (TPSA) is 38.5 Å². The molecule has 0 aromatic rings. The summed E-state index contributed by atoms with van der Waals surface area (Å²) in [4.78, 5) is 2.75. The third-order valence-corrected chi connectivity index (χ3v) is 5.13. The van der Waals surface area contributed by atoms with Crippen LogP contribution in [0.4, 0.5) is 0 Å². The second-order valence-corrected chi connectivity index (χ2v) is 6.88. The average Bonchev–Trinajstić information content (AvgIpc) is 2.47. The second kappa shape index (κ2) is 8.35. The normalized spacial score (nSPS) is 27.8. The zero-order valence-corrected chi connectivity index (χ0v) is 14.3. The Morgan fingerprint density at radius 2 is 1.75 bits per heavy atom. The van der Waals surface area contributed by atoms with Crippen LogP contribution in [0.25, 0.3) is 0 Å². The van der Waals surface area contributed by atoms with Crippen molar-refractivity contribution in [2.45, 2.75) is 83.9 Å². The van der Waals surface area contributed by atoms with E-state index < -0.39 is 0 Å². The number of hydrogen-bond acceptors (Lipinski definition) is 3. The standard InChI is InChI=1S/C17H36N2O/c1-6-15(7-2)19(12-14(3)4)17(13-18)10-8-16(20-5)9-11-17/h14-16H,6-13,18H2,1-5H3. The molecule has 0 aromatic carbocycles. The van der Waals surface area contributed by atoms with Crippen LogP contribution in [0.1, 0.15) is 66.2 Å². The molecular formula is C17H36N2O. The van der Waals surface area contributed by atoms with Gasteiger partial charge in [-0.15, -0.1) is 0 Å². The van der Waals surface area contributed by atoms with Gasteiger partial charge in [-0.25, -0.2) is 0 Å².